The molecule has 2 heteroatoms. The number of nitrogens with one attached hydrogen (secondary N) is 1. The number of hydrogen-bond donors (Lipinski definition) is 2. The summed E-state index contributed by atoms with van der Waals surface area (Å²) >= 11 is 0. The SMILES string of the molecule is OCC1(CNC(c2ccccc2)c2ccccc2)CC1. The Morgan fingerprint density at radius 3 is 1.80 bits per heavy atom. The van der Waals surface area contributed by atoms with Crippen LogP contribution in [0.3, 0.4) is 0 Å². The van der Waals surface area contributed by atoms with Crippen molar-refractivity contribution in [3.8, 4) is 0 Å². The smallest absolute Gasteiger partial charge is 0.0576 e. The van der Waals surface area contributed by atoms with Crippen molar-refractivity contribution in [3.05, 3.63) is 71.8 Å². The van der Waals surface area contributed by atoms with E-state index in [1.807, 2.05) is 12.1 Å². The van der Waals surface area contributed by atoms with Crippen LogP contribution in [0, 0.1) is 5.41 Å². The van der Waals surface area contributed by atoms with Crippen molar-refractivity contribution in [1.29, 1.82) is 0 Å². The van der Waals surface area contributed by atoms with Crippen molar-refractivity contribution in [3.63, 3.8) is 0 Å². The highest BCUT2D eigenvalue weighted by atomic mass is 16.3. The molecule has 0 aliphatic heterocycles. The predicted octanol–water partition coefficient (Wildman–Crippen LogP) is 3.14. The highest BCUT2D eigenvalue weighted by Gasteiger charge is 2.42. The molecule has 0 atom stereocenters. The minimum absolute atomic E-state index is 0.127. The fourth-order valence-electron chi connectivity index (χ4n) is 2.61. The lowest BCUT2D eigenvalue weighted by Gasteiger charge is -2.23. The molecule has 1 fully saturated rings. The van der Waals surface area contributed by atoms with Gasteiger partial charge in [0.05, 0.1) is 6.04 Å². The van der Waals surface area contributed by atoms with E-state index in [-0.39, 0.29) is 18.1 Å². The maximum atomic E-state index is 9.47. The Morgan fingerprint density at radius 2 is 1.40 bits per heavy atom. The molecule has 0 spiro atoms. The summed E-state index contributed by atoms with van der Waals surface area (Å²) < 4.78 is 0. The molecule has 2 N–H and O–H groups in total. The van der Waals surface area contributed by atoms with Crippen LogP contribution in [0.1, 0.15) is 30.0 Å². The summed E-state index contributed by atoms with van der Waals surface area (Å²) in [5.74, 6) is 0. The van der Waals surface area contributed by atoms with Crippen molar-refractivity contribution in [2.45, 2.75) is 18.9 Å². The van der Waals surface area contributed by atoms with E-state index in [2.05, 4.69) is 53.8 Å². The molecule has 2 aromatic rings. The lowest BCUT2D eigenvalue weighted by Crippen LogP contribution is -2.30. The van der Waals surface area contributed by atoms with E-state index in [1.54, 1.807) is 0 Å². The summed E-state index contributed by atoms with van der Waals surface area (Å²) in [7, 11) is 0. The van der Waals surface area contributed by atoms with E-state index in [9.17, 15) is 5.11 Å². The van der Waals surface area contributed by atoms with Crippen LogP contribution in [-0.2, 0) is 0 Å². The normalized spacial score (nSPS) is 16.3. The fourth-order valence-corrected chi connectivity index (χ4v) is 2.61. The Balaban J connectivity index is 1.81. The van der Waals surface area contributed by atoms with Gasteiger partial charge in [-0.1, -0.05) is 60.7 Å². The van der Waals surface area contributed by atoms with Gasteiger partial charge in [0.25, 0.3) is 0 Å². The standard InChI is InChI=1S/C18H21NO/c20-14-18(11-12-18)13-19-17(15-7-3-1-4-8-15)16-9-5-2-6-10-16/h1-10,17,19-20H,11-14H2. The zero-order valence-electron chi connectivity index (χ0n) is 11.6. The Labute approximate surface area is 120 Å². The van der Waals surface area contributed by atoms with Crippen LogP contribution in [0.5, 0.6) is 0 Å². The number of aliphatic hydroxyl groups excluding tert-OH is 1. The molecule has 0 bridgehead atoms. The maximum Gasteiger partial charge on any atom is 0.0576 e. The molecule has 1 aliphatic carbocycles. The van der Waals surface area contributed by atoms with E-state index in [0.717, 1.165) is 19.4 Å². The van der Waals surface area contributed by atoms with Crippen LogP contribution >= 0.6 is 0 Å². The van der Waals surface area contributed by atoms with Crippen LogP contribution in [0.4, 0.5) is 0 Å². The van der Waals surface area contributed by atoms with Gasteiger partial charge in [-0.3, -0.25) is 0 Å². The summed E-state index contributed by atoms with van der Waals surface area (Å²) in [4.78, 5) is 0. The zero-order chi connectivity index (χ0) is 13.8. The summed E-state index contributed by atoms with van der Waals surface area (Å²) in [5.41, 5.74) is 2.67. The molecular weight excluding hydrogens is 246 g/mol. The van der Waals surface area contributed by atoms with E-state index < -0.39 is 0 Å². The van der Waals surface area contributed by atoms with Gasteiger partial charge in [-0.2, -0.15) is 0 Å². The molecule has 0 heterocycles. The van der Waals surface area contributed by atoms with E-state index in [1.165, 1.54) is 11.1 Å². The Bertz CT molecular complexity index is 494. The third-order valence-corrected chi connectivity index (χ3v) is 4.24. The first-order chi connectivity index (χ1) is 9.83. The maximum absolute atomic E-state index is 9.47. The third kappa shape index (κ3) is 2.92. The topological polar surface area (TPSA) is 32.3 Å². The second-order valence-electron chi connectivity index (χ2n) is 5.79. The lowest BCUT2D eigenvalue weighted by molar-refractivity contribution is 0.205. The van der Waals surface area contributed by atoms with Crippen molar-refractivity contribution < 1.29 is 5.11 Å². The highest BCUT2D eigenvalue weighted by Crippen LogP contribution is 2.44. The monoisotopic (exact) mass is 267 g/mol. The quantitative estimate of drug-likeness (QED) is 0.842. The Hall–Kier alpha value is -1.64. The number of rotatable bonds is 6. The molecule has 2 aromatic carbocycles. The van der Waals surface area contributed by atoms with Gasteiger partial charge in [-0.25, -0.2) is 0 Å². The van der Waals surface area contributed by atoms with Crippen molar-refractivity contribution >= 4 is 0 Å². The van der Waals surface area contributed by atoms with E-state index in [0.29, 0.717) is 0 Å². The Morgan fingerprint density at radius 1 is 0.900 bits per heavy atom. The van der Waals surface area contributed by atoms with Crippen molar-refractivity contribution in [1.82, 2.24) is 5.32 Å². The number of benzene rings is 2. The van der Waals surface area contributed by atoms with Gasteiger partial charge in [0.15, 0.2) is 0 Å². The van der Waals surface area contributed by atoms with Gasteiger partial charge in [0.1, 0.15) is 0 Å². The molecule has 0 amide bonds. The van der Waals surface area contributed by atoms with Gasteiger partial charge in [0, 0.05) is 18.6 Å². The van der Waals surface area contributed by atoms with Crippen molar-refractivity contribution in [2.24, 2.45) is 5.41 Å². The average molecular weight is 267 g/mol. The first-order valence-electron chi connectivity index (χ1n) is 7.27. The van der Waals surface area contributed by atoms with Gasteiger partial charge < -0.3 is 10.4 Å². The molecule has 20 heavy (non-hydrogen) atoms. The molecular formula is C18H21NO. The molecule has 0 radical (unpaired) electrons. The summed E-state index contributed by atoms with van der Waals surface area (Å²) in [6.45, 7) is 1.16. The largest absolute Gasteiger partial charge is 0.396 e. The Kier molecular flexibility index (Phi) is 3.86. The summed E-state index contributed by atoms with van der Waals surface area (Å²) in [6, 6.07) is 21.2. The van der Waals surface area contributed by atoms with Gasteiger partial charge >= 0.3 is 0 Å². The minimum atomic E-state index is 0.127. The van der Waals surface area contributed by atoms with Crippen LogP contribution < -0.4 is 5.32 Å². The molecule has 2 nitrogen and oxygen atoms in total. The van der Waals surface area contributed by atoms with Crippen LogP contribution in [0.15, 0.2) is 60.7 Å². The molecule has 0 unspecified atom stereocenters. The van der Waals surface area contributed by atoms with Gasteiger partial charge in [-0.15, -0.1) is 0 Å². The first kappa shape index (κ1) is 13.3. The molecule has 1 aliphatic rings. The zero-order valence-corrected chi connectivity index (χ0v) is 11.6. The van der Waals surface area contributed by atoms with Crippen molar-refractivity contribution in [2.75, 3.05) is 13.2 Å². The first-order valence-corrected chi connectivity index (χ1v) is 7.27. The second-order valence-corrected chi connectivity index (χ2v) is 5.79. The van der Waals surface area contributed by atoms with Crippen LogP contribution in [-0.4, -0.2) is 18.3 Å². The fraction of sp³-hybridized carbons (Fsp3) is 0.333. The average Bonchev–Trinajstić information content (AvgIpc) is 3.30. The summed E-state index contributed by atoms with van der Waals surface area (Å²) in [5, 5.41) is 13.1. The van der Waals surface area contributed by atoms with E-state index in [4.69, 9.17) is 0 Å². The predicted molar refractivity (Wildman–Crippen MR) is 81.5 cm³/mol. The minimum Gasteiger partial charge on any atom is -0.396 e. The third-order valence-electron chi connectivity index (χ3n) is 4.24. The molecule has 0 aromatic heterocycles. The van der Waals surface area contributed by atoms with Gasteiger partial charge in [-0.05, 0) is 24.0 Å². The highest BCUT2D eigenvalue weighted by molar-refractivity contribution is 5.31. The molecule has 0 saturated heterocycles. The van der Waals surface area contributed by atoms with E-state index >= 15 is 0 Å². The van der Waals surface area contributed by atoms with Crippen LogP contribution in [0.25, 0.3) is 0 Å². The van der Waals surface area contributed by atoms with Crippen LogP contribution in [0.2, 0.25) is 0 Å². The number of aliphatic hydroxyl groups is 1. The van der Waals surface area contributed by atoms with Gasteiger partial charge in [0.2, 0.25) is 0 Å². The summed E-state index contributed by atoms with van der Waals surface area (Å²) in [6.07, 6.45) is 2.26. The molecule has 1 saturated carbocycles. The molecule has 3 rings (SSSR count). The lowest BCUT2D eigenvalue weighted by atomic mass is 9.97. The number of hydrogen-bond acceptors (Lipinski definition) is 2. The molecule has 104 valence electrons. The second kappa shape index (κ2) is 5.78.